The normalized spacial score (nSPS) is 11.2. The first kappa shape index (κ1) is 17.4. The Kier molecular flexibility index (Phi) is 5.32. The van der Waals surface area contributed by atoms with Gasteiger partial charge in [0.05, 0.1) is 5.69 Å². The number of aryl methyl sites for hydroxylation is 2. The highest BCUT2D eigenvalue weighted by atomic mass is 79.9. The summed E-state index contributed by atoms with van der Waals surface area (Å²) in [5.41, 5.74) is 5.77. The zero-order valence-corrected chi connectivity index (χ0v) is 16.3. The van der Waals surface area contributed by atoms with Gasteiger partial charge < -0.3 is 5.32 Å². The van der Waals surface area contributed by atoms with E-state index in [2.05, 4.69) is 45.3 Å². The lowest BCUT2D eigenvalue weighted by Crippen LogP contribution is -1.94. The van der Waals surface area contributed by atoms with Crippen molar-refractivity contribution in [2.45, 2.75) is 13.8 Å². The van der Waals surface area contributed by atoms with E-state index in [4.69, 9.17) is 0 Å². The minimum atomic E-state index is 0.522. The summed E-state index contributed by atoms with van der Waals surface area (Å²) in [5, 5.41) is 15.4. The summed E-state index contributed by atoms with van der Waals surface area (Å²) < 4.78 is 1.03. The SMILES string of the molecule is Cc1ccc(NC=C(C#N)c2nc(-c3ccc(Br)cc3)cs2)c(C)c1. The molecule has 3 rings (SSSR count). The maximum atomic E-state index is 9.49. The van der Waals surface area contributed by atoms with Gasteiger partial charge in [-0.2, -0.15) is 5.26 Å². The van der Waals surface area contributed by atoms with E-state index in [-0.39, 0.29) is 0 Å². The molecule has 3 nitrogen and oxygen atoms in total. The number of anilines is 1. The molecule has 1 aromatic heterocycles. The molecule has 0 atom stereocenters. The van der Waals surface area contributed by atoms with Crippen molar-refractivity contribution >= 4 is 38.5 Å². The molecule has 0 aliphatic heterocycles. The Morgan fingerprint density at radius 1 is 1.20 bits per heavy atom. The lowest BCUT2D eigenvalue weighted by molar-refractivity contribution is 1.35. The van der Waals surface area contributed by atoms with Crippen LogP contribution < -0.4 is 5.32 Å². The molecule has 3 aromatic rings. The van der Waals surface area contributed by atoms with Crippen LogP contribution in [0.2, 0.25) is 0 Å². The molecule has 0 bridgehead atoms. The number of hydrogen-bond donors (Lipinski definition) is 1. The van der Waals surface area contributed by atoms with Gasteiger partial charge in [0.1, 0.15) is 16.6 Å². The van der Waals surface area contributed by atoms with E-state index in [0.717, 1.165) is 27.0 Å². The van der Waals surface area contributed by atoms with Crippen LogP contribution in [0.5, 0.6) is 0 Å². The average molecular weight is 410 g/mol. The Balaban J connectivity index is 1.84. The van der Waals surface area contributed by atoms with Crippen molar-refractivity contribution in [1.29, 1.82) is 5.26 Å². The fourth-order valence-electron chi connectivity index (χ4n) is 2.42. The number of aromatic nitrogens is 1. The highest BCUT2D eigenvalue weighted by Crippen LogP contribution is 2.27. The monoisotopic (exact) mass is 409 g/mol. The topological polar surface area (TPSA) is 48.7 Å². The molecule has 0 aliphatic carbocycles. The summed E-state index contributed by atoms with van der Waals surface area (Å²) in [5.74, 6) is 0. The van der Waals surface area contributed by atoms with Crippen LogP contribution in [0.1, 0.15) is 16.1 Å². The fraction of sp³-hybridized carbons (Fsp3) is 0.100. The molecule has 0 saturated heterocycles. The molecule has 0 amide bonds. The summed E-state index contributed by atoms with van der Waals surface area (Å²) in [4.78, 5) is 4.60. The molecule has 5 heteroatoms. The molecule has 0 spiro atoms. The summed E-state index contributed by atoms with van der Waals surface area (Å²) in [6.45, 7) is 4.11. The van der Waals surface area contributed by atoms with Gasteiger partial charge in [0.25, 0.3) is 0 Å². The van der Waals surface area contributed by atoms with Crippen molar-refractivity contribution in [3.8, 4) is 17.3 Å². The lowest BCUT2D eigenvalue weighted by Gasteiger charge is -2.06. The van der Waals surface area contributed by atoms with Crippen molar-refractivity contribution in [2.75, 3.05) is 5.32 Å². The zero-order chi connectivity index (χ0) is 17.8. The summed E-state index contributed by atoms with van der Waals surface area (Å²) in [6, 6.07) is 16.4. The van der Waals surface area contributed by atoms with E-state index in [9.17, 15) is 5.26 Å². The Morgan fingerprint density at radius 2 is 1.96 bits per heavy atom. The molecule has 1 heterocycles. The Hall–Kier alpha value is -2.42. The van der Waals surface area contributed by atoms with E-state index in [1.54, 1.807) is 6.20 Å². The van der Waals surface area contributed by atoms with Crippen LogP contribution in [-0.2, 0) is 0 Å². The fourth-order valence-corrected chi connectivity index (χ4v) is 3.48. The highest BCUT2D eigenvalue weighted by molar-refractivity contribution is 9.10. The molecule has 2 aromatic carbocycles. The predicted octanol–water partition coefficient (Wildman–Crippen LogP) is 6.17. The Morgan fingerprint density at radius 3 is 2.64 bits per heavy atom. The van der Waals surface area contributed by atoms with Gasteiger partial charge in [0.15, 0.2) is 0 Å². The third kappa shape index (κ3) is 4.16. The van der Waals surface area contributed by atoms with Crippen LogP contribution in [0.3, 0.4) is 0 Å². The third-order valence-corrected chi connectivity index (χ3v) is 5.15. The number of hydrogen-bond acceptors (Lipinski definition) is 4. The largest absolute Gasteiger partial charge is 0.360 e. The van der Waals surface area contributed by atoms with Crippen LogP contribution >= 0.6 is 27.3 Å². The number of benzene rings is 2. The van der Waals surface area contributed by atoms with Crippen LogP contribution in [0.4, 0.5) is 5.69 Å². The van der Waals surface area contributed by atoms with Gasteiger partial charge in [0.2, 0.25) is 0 Å². The molecule has 124 valence electrons. The molecule has 0 fully saturated rings. The number of nitriles is 1. The molecular weight excluding hydrogens is 394 g/mol. The van der Waals surface area contributed by atoms with E-state index < -0.39 is 0 Å². The van der Waals surface area contributed by atoms with Crippen LogP contribution in [0.15, 0.2) is 58.5 Å². The number of halogens is 1. The van der Waals surface area contributed by atoms with Gasteiger partial charge >= 0.3 is 0 Å². The van der Waals surface area contributed by atoms with Crippen LogP contribution in [0, 0.1) is 25.2 Å². The molecule has 25 heavy (non-hydrogen) atoms. The van der Waals surface area contributed by atoms with Gasteiger partial charge in [-0.3, -0.25) is 0 Å². The smallest absolute Gasteiger partial charge is 0.136 e. The predicted molar refractivity (Wildman–Crippen MR) is 108 cm³/mol. The first-order chi connectivity index (χ1) is 12.1. The van der Waals surface area contributed by atoms with E-state index >= 15 is 0 Å². The number of nitrogens with one attached hydrogen (secondary N) is 1. The van der Waals surface area contributed by atoms with E-state index in [1.165, 1.54) is 16.9 Å². The number of allylic oxidation sites excluding steroid dienone is 1. The highest BCUT2D eigenvalue weighted by Gasteiger charge is 2.09. The second-order valence-electron chi connectivity index (χ2n) is 5.68. The van der Waals surface area contributed by atoms with Gasteiger partial charge in [0, 0.05) is 27.3 Å². The van der Waals surface area contributed by atoms with Crippen LogP contribution in [0.25, 0.3) is 16.8 Å². The second-order valence-corrected chi connectivity index (χ2v) is 7.45. The first-order valence-electron chi connectivity index (χ1n) is 7.73. The summed E-state index contributed by atoms with van der Waals surface area (Å²) in [7, 11) is 0. The maximum Gasteiger partial charge on any atom is 0.136 e. The first-order valence-corrected chi connectivity index (χ1v) is 9.40. The average Bonchev–Trinajstić information content (AvgIpc) is 3.07. The number of thiazole rings is 1. The van der Waals surface area contributed by atoms with Crippen molar-refractivity contribution in [2.24, 2.45) is 0 Å². The molecule has 0 unspecified atom stereocenters. The van der Waals surface area contributed by atoms with Crippen LogP contribution in [-0.4, -0.2) is 4.98 Å². The van der Waals surface area contributed by atoms with E-state index in [0.29, 0.717) is 10.6 Å². The number of nitrogens with zero attached hydrogens (tertiary/aromatic N) is 2. The quantitative estimate of drug-likeness (QED) is 0.524. The van der Waals surface area contributed by atoms with Crippen molar-refractivity contribution in [3.63, 3.8) is 0 Å². The maximum absolute atomic E-state index is 9.49. The molecular formula is C20H16BrN3S. The molecule has 0 aliphatic rings. The van der Waals surface area contributed by atoms with Gasteiger partial charge in [-0.05, 0) is 37.6 Å². The molecule has 0 saturated carbocycles. The van der Waals surface area contributed by atoms with Gasteiger partial charge in [-0.1, -0.05) is 45.8 Å². The van der Waals surface area contributed by atoms with Crippen molar-refractivity contribution < 1.29 is 0 Å². The summed E-state index contributed by atoms with van der Waals surface area (Å²) >= 11 is 4.90. The zero-order valence-electron chi connectivity index (χ0n) is 13.9. The van der Waals surface area contributed by atoms with Gasteiger partial charge in [-0.25, -0.2) is 4.98 Å². The minimum Gasteiger partial charge on any atom is -0.360 e. The van der Waals surface area contributed by atoms with Crippen molar-refractivity contribution in [3.05, 3.63) is 74.7 Å². The summed E-state index contributed by atoms with van der Waals surface area (Å²) in [6.07, 6.45) is 1.72. The standard InChI is InChI=1S/C20H16BrN3S/c1-13-3-8-18(14(2)9-13)23-11-16(10-22)20-24-19(12-25-20)15-4-6-17(21)7-5-15/h3-9,11-12,23H,1-2H3. The molecule has 0 radical (unpaired) electrons. The van der Waals surface area contributed by atoms with E-state index in [1.807, 2.05) is 48.7 Å². The van der Waals surface area contributed by atoms with Gasteiger partial charge in [-0.15, -0.1) is 11.3 Å². The molecule has 1 N–H and O–H groups in total. The third-order valence-electron chi connectivity index (χ3n) is 3.75. The Labute approximate surface area is 159 Å². The second kappa shape index (κ2) is 7.64. The minimum absolute atomic E-state index is 0.522. The Bertz CT molecular complexity index is 965. The number of rotatable bonds is 4. The lowest BCUT2D eigenvalue weighted by atomic mass is 10.1. The van der Waals surface area contributed by atoms with Crippen molar-refractivity contribution in [1.82, 2.24) is 4.98 Å².